The molecule has 0 saturated heterocycles. The van der Waals surface area contributed by atoms with Crippen molar-refractivity contribution in [3.05, 3.63) is 18.2 Å². The zero-order chi connectivity index (χ0) is 71.5. The molecule has 552 valence electrons. The number of ketones is 5. The van der Waals surface area contributed by atoms with E-state index in [0.29, 0.717) is 51.6 Å². The Morgan fingerprint density at radius 3 is 1.64 bits per heavy atom. The quantitative estimate of drug-likeness (QED) is 0.0278. The molecule has 4 amide bonds. The lowest BCUT2D eigenvalue weighted by Crippen LogP contribution is -2.41. The van der Waals surface area contributed by atoms with Crippen LogP contribution >= 0.6 is 0 Å². The molecule has 1 aliphatic rings. The number of Topliss-reactive ketones (excluding diaryl/α,β-unsaturated/α-hetero) is 5. The number of rotatable bonds is 64. The zero-order valence-electron chi connectivity index (χ0n) is 58.5. The molecule has 10 N–H and O–H groups in total. The number of nitrogens with two attached hydrogens (primary N) is 1. The fourth-order valence-electron chi connectivity index (χ4n) is 11.7. The molecule has 0 unspecified atom stereocenters. The Balaban J connectivity index is 1.49. The van der Waals surface area contributed by atoms with Gasteiger partial charge in [-0.1, -0.05) is 110 Å². The number of hydrogen-bond acceptors (Lipinski definition) is 18. The number of aromatic amines is 1. The third-order valence-electron chi connectivity index (χ3n) is 17.9. The second-order valence-electron chi connectivity index (χ2n) is 26.8. The number of carbonyl (C=O) groups is 12. The summed E-state index contributed by atoms with van der Waals surface area (Å²) in [7, 11) is 0. The zero-order valence-corrected chi connectivity index (χ0v) is 58.5. The molecule has 1 heterocycles. The van der Waals surface area contributed by atoms with E-state index in [1.807, 2.05) is 0 Å². The minimum atomic E-state index is -1.21. The summed E-state index contributed by atoms with van der Waals surface area (Å²) in [6.45, 7) is 6.33. The molecule has 0 spiro atoms. The van der Waals surface area contributed by atoms with Crippen LogP contribution in [0.3, 0.4) is 0 Å². The number of ether oxygens (including phenoxy) is 4. The lowest BCUT2D eigenvalue weighted by molar-refractivity contribution is -0.145. The van der Waals surface area contributed by atoms with Crippen molar-refractivity contribution in [2.45, 2.75) is 258 Å². The van der Waals surface area contributed by atoms with Gasteiger partial charge in [-0.15, -0.1) is 0 Å². The van der Waals surface area contributed by atoms with Crippen molar-refractivity contribution in [1.29, 1.82) is 0 Å². The van der Waals surface area contributed by atoms with Crippen molar-refractivity contribution in [2.75, 3.05) is 72.5 Å². The van der Waals surface area contributed by atoms with E-state index in [4.69, 9.17) is 29.8 Å². The number of carboxylic acids is 3. The summed E-state index contributed by atoms with van der Waals surface area (Å²) in [4.78, 5) is 156. The maximum absolute atomic E-state index is 13.3. The van der Waals surface area contributed by atoms with Crippen LogP contribution in [0.15, 0.2) is 12.5 Å². The van der Waals surface area contributed by atoms with E-state index in [1.54, 1.807) is 20.0 Å². The Kier molecular flexibility index (Phi) is 47.9. The third kappa shape index (κ3) is 45.0. The van der Waals surface area contributed by atoms with Gasteiger partial charge >= 0.3 is 17.9 Å². The minimum Gasteiger partial charge on any atom is -0.481 e. The summed E-state index contributed by atoms with van der Waals surface area (Å²) in [6, 6.07) is -1.90. The molecule has 2 rings (SSSR count). The molecule has 1 fully saturated rings. The van der Waals surface area contributed by atoms with Gasteiger partial charge in [0, 0.05) is 113 Å². The Hall–Kier alpha value is -6.35. The first-order valence-electron chi connectivity index (χ1n) is 35.9. The van der Waals surface area contributed by atoms with Crippen LogP contribution in [0, 0.1) is 29.1 Å². The molecular weight excluding hydrogens is 1250 g/mol. The molecule has 0 aromatic carbocycles. The normalized spacial score (nSPS) is 15.1. The number of amides is 4. The van der Waals surface area contributed by atoms with E-state index >= 15 is 0 Å². The first-order valence-corrected chi connectivity index (χ1v) is 35.9. The molecule has 1 aromatic rings. The third-order valence-corrected chi connectivity index (χ3v) is 17.9. The summed E-state index contributed by atoms with van der Waals surface area (Å²) in [5, 5.41) is 39.0. The van der Waals surface area contributed by atoms with Gasteiger partial charge < -0.3 is 66.3 Å². The molecule has 26 nitrogen and oxygen atoms in total. The lowest BCUT2D eigenvalue weighted by atomic mass is 9.77. The summed E-state index contributed by atoms with van der Waals surface area (Å²) < 4.78 is 21.7. The summed E-state index contributed by atoms with van der Waals surface area (Å²) >= 11 is 0. The number of carbonyl (C=O) groups excluding carboxylic acids is 9. The molecule has 0 bridgehead atoms. The van der Waals surface area contributed by atoms with Gasteiger partial charge in [0.25, 0.3) is 0 Å². The Labute approximate surface area is 574 Å². The van der Waals surface area contributed by atoms with Crippen molar-refractivity contribution in [1.82, 2.24) is 31.2 Å². The molecular formula is C71H119N7O19. The van der Waals surface area contributed by atoms with Crippen molar-refractivity contribution in [3.8, 4) is 0 Å². The van der Waals surface area contributed by atoms with Crippen molar-refractivity contribution < 1.29 is 91.8 Å². The van der Waals surface area contributed by atoms with E-state index < -0.39 is 58.9 Å². The highest BCUT2D eigenvalue weighted by Gasteiger charge is 2.35. The number of carboxylic acid groups (broad SMARTS) is 3. The van der Waals surface area contributed by atoms with E-state index in [9.17, 15) is 67.7 Å². The van der Waals surface area contributed by atoms with Crippen molar-refractivity contribution in [3.63, 3.8) is 0 Å². The molecule has 1 saturated carbocycles. The average molecular weight is 1370 g/mol. The fourth-order valence-corrected chi connectivity index (χ4v) is 11.7. The maximum atomic E-state index is 13.3. The van der Waals surface area contributed by atoms with Crippen LogP contribution in [0.5, 0.6) is 0 Å². The molecule has 97 heavy (non-hydrogen) atoms. The number of unbranched alkanes of at least 4 members (excludes halogenated alkanes) is 16. The van der Waals surface area contributed by atoms with Crippen LogP contribution in [0.4, 0.5) is 0 Å². The highest BCUT2D eigenvalue weighted by Crippen LogP contribution is 2.32. The van der Waals surface area contributed by atoms with Gasteiger partial charge in [-0.3, -0.25) is 57.5 Å². The van der Waals surface area contributed by atoms with Gasteiger partial charge in [0.1, 0.15) is 30.6 Å². The fraction of sp³-hybridized carbons (Fsp3) is 0.789. The average Bonchev–Trinajstić information content (AvgIpc) is 1.89. The predicted octanol–water partition coefficient (Wildman–Crippen LogP) is 8.07. The monoisotopic (exact) mass is 1370 g/mol. The number of H-pyrrole nitrogens is 1. The van der Waals surface area contributed by atoms with Crippen LogP contribution in [0.2, 0.25) is 0 Å². The highest BCUT2D eigenvalue weighted by molar-refractivity contribution is 5.95. The van der Waals surface area contributed by atoms with E-state index in [1.165, 1.54) is 77.5 Å². The van der Waals surface area contributed by atoms with E-state index in [2.05, 4.69) is 31.2 Å². The maximum Gasteiger partial charge on any atom is 0.306 e. The number of aliphatic carboxylic acids is 3. The Bertz CT molecular complexity index is 2470. The largest absolute Gasteiger partial charge is 0.481 e. The highest BCUT2D eigenvalue weighted by atomic mass is 16.5. The van der Waals surface area contributed by atoms with Crippen LogP contribution < -0.4 is 27.0 Å². The van der Waals surface area contributed by atoms with Gasteiger partial charge in [-0.2, -0.15) is 0 Å². The number of nitrogens with zero attached hydrogens (tertiary/aromatic N) is 1. The summed E-state index contributed by atoms with van der Waals surface area (Å²) in [5.41, 5.74) is 5.81. The first kappa shape index (κ1) is 86.7. The van der Waals surface area contributed by atoms with Gasteiger partial charge in [-0.05, 0) is 83.5 Å². The van der Waals surface area contributed by atoms with Crippen molar-refractivity contribution in [2.24, 2.45) is 34.8 Å². The predicted molar refractivity (Wildman–Crippen MR) is 363 cm³/mol. The number of aromatic nitrogens is 2. The minimum absolute atomic E-state index is 0.0145. The van der Waals surface area contributed by atoms with Crippen LogP contribution in [0.25, 0.3) is 0 Å². The van der Waals surface area contributed by atoms with Crippen LogP contribution in [-0.4, -0.2) is 180 Å². The Morgan fingerprint density at radius 1 is 0.546 bits per heavy atom. The Morgan fingerprint density at radius 2 is 1.09 bits per heavy atom. The second-order valence-corrected chi connectivity index (χ2v) is 26.8. The molecule has 4 atom stereocenters. The first-order chi connectivity index (χ1) is 46.5. The van der Waals surface area contributed by atoms with Crippen LogP contribution in [-0.2, 0) is 82.9 Å². The standard InChI is InChI=1S/C71H119N7O19/c1-52(79)55(44-63(83)71(2,3)46-62(82)58(72)45-57-48-73-51-77-57)23-20-21-35-74-66(86)49-97-42-40-95-38-36-75-67(87)50-96-41-39-94-37-22-24-60(80)59(32-34-69(90)91)78-65(85)33-31-56(70(92)93)43-61(81)54-29-27-53(28-30-54)47-76-64(84)25-18-16-14-12-10-8-6-4-5-7-9-11-13-15-17-19-26-68(88)89/h48,51,53-56,58-59H,4-47,49-50,72H2,1-3H3,(H,73,77)(H,74,86)(H,75,87)(H,76,84)(H,78,85)(H,88,89)(H,90,91)(H,92,93)/t53?,54?,55-,56-,58+,59+/m1/s1. The van der Waals surface area contributed by atoms with Gasteiger partial charge in [0.05, 0.1) is 57.4 Å². The number of hydrogen-bond donors (Lipinski definition) is 9. The topological polar surface area (TPSA) is 405 Å². The second kappa shape index (κ2) is 53.6. The van der Waals surface area contributed by atoms with E-state index in [0.717, 1.165) is 57.1 Å². The van der Waals surface area contributed by atoms with E-state index in [-0.39, 0.29) is 183 Å². The summed E-state index contributed by atoms with van der Waals surface area (Å²) in [5.74, 6) is -7.19. The smallest absolute Gasteiger partial charge is 0.306 e. The van der Waals surface area contributed by atoms with Gasteiger partial charge in [-0.25, -0.2) is 4.98 Å². The lowest BCUT2D eigenvalue weighted by Gasteiger charge is -2.28. The number of nitrogens with one attached hydrogen (secondary N) is 5. The molecule has 0 aliphatic heterocycles. The van der Waals surface area contributed by atoms with Gasteiger partial charge in [0.15, 0.2) is 11.6 Å². The molecule has 1 aromatic heterocycles. The van der Waals surface area contributed by atoms with Crippen LogP contribution in [0.1, 0.15) is 245 Å². The molecule has 1 aliphatic carbocycles. The van der Waals surface area contributed by atoms with Gasteiger partial charge in [0.2, 0.25) is 23.6 Å². The summed E-state index contributed by atoms with van der Waals surface area (Å²) in [6.07, 6.45) is 25.8. The number of imidazole rings is 1. The molecule has 26 heteroatoms. The molecule has 0 radical (unpaired) electrons. The van der Waals surface area contributed by atoms with Crippen molar-refractivity contribution >= 4 is 70.5 Å². The SMILES string of the molecule is CC(=O)[C@H](CCCCNC(=O)COCCOCCNC(=O)COCCOCCCC(=O)[C@H](CCC(=O)O)NC(=O)CC[C@H](CC(=O)C1CCC(CNC(=O)CCCCCCCCCCCCCCCCCCC(=O)O)CC1)C(=O)O)CC(=O)C(C)(C)CC(=O)[C@@H](N)Cc1cnc[nH]1.